The number of benzene rings is 1. The van der Waals surface area contributed by atoms with Crippen LogP contribution >= 0.6 is 15.9 Å². The third-order valence-electron chi connectivity index (χ3n) is 3.50. The van der Waals surface area contributed by atoms with E-state index < -0.39 is 36.0 Å². The number of halogens is 4. The summed E-state index contributed by atoms with van der Waals surface area (Å²) in [6, 6.07) is 6.11. The van der Waals surface area contributed by atoms with Crippen molar-refractivity contribution in [3.05, 3.63) is 34.3 Å². The zero-order valence-corrected chi connectivity index (χ0v) is 11.1. The Morgan fingerprint density at radius 3 is 2.32 bits per heavy atom. The number of alkyl halides is 3. The number of aliphatic carboxylic acids is 1. The van der Waals surface area contributed by atoms with Crippen LogP contribution in [0.5, 0.6) is 0 Å². The fourth-order valence-corrected chi connectivity index (χ4v) is 2.81. The lowest BCUT2D eigenvalue weighted by Gasteiger charge is -2.51. The number of rotatable bonds is 2. The van der Waals surface area contributed by atoms with Gasteiger partial charge in [0.2, 0.25) is 0 Å². The second-order valence-corrected chi connectivity index (χ2v) is 5.70. The molecule has 0 amide bonds. The predicted octanol–water partition coefficient (Wildman–Crippen LogP) is 2.86. The molecule has 0 aliphatic heterocycles. The van der Waals surface area contributed by atoms with Crippen molar-refractivity contribution in [2.24, 2.45) is 0 Å². The van der Waals surface area contributed by atoms with Crippen molar-refractivity contribution in [2.45, 2.75) is 30.0 Å². The van der Waals surface area contributed by atoms with Crippen LogP contribution in [0.25, 0.3) is 0 Å². The number of hydrogen-bond donors (Lipinski definition) is 2. The summed E-state index contributed by atoms with van der Waals surface area (Å²) in [4.78, 5) is 11.3. The largest absolute Gasteiger partial charge is 0.481 e. The quantitative estimate of drug-likeness (QED) is 0.871. The van der Waals surface area contributed by atoms with Crippen molar-refractivity contribution in [1.82, 2.24) is 0 Å². The van der Waals surface area contributed by atoms with Crippen LogP contribution in [0.1, 0.15) is 18.4 Å². The fourth-order valence-electron chi connectivity index (χ4n) is 2.41. The van der Waals surface area contributed by atoms with Gasteiger partial charge >= 0.3 is 12.1 Å². The van der Waals surface area contributed by atoms with Gasteiger partial charge in [0.05, 0.1) is 5.41 Å². The van der Waals surface area contributed by atoms with Gasteiger partial charge in [-0.05, 0) is 17.7 Å². The molecule has 0 bridgehead atoms. The lowest BCUT2D eigenvalue weighted by atomic mass is 9.55. The van der Waals surface area contributed by atoms with E-state index in [0.717, 1.165) is 0 Å². The molecule has 1 aromatic carbocycles. The van der Waals surface area contributed by atoms with Gasteiger partial charge in [-0.3, -0.25) is 4.79 Å². The maximum absolute atomic E-state index is 12.6. The Morgan fingerprint density at radius 1 is 1.32 bits per heavy atom. The summed E-state index contributed by atoms with van der Waals surface area (Å²) in [6.45, 7) is 0. The third-order valence-corrected chi connectivity index (χ3v) is 4.00. The Kier molecular flexibility index (Phi) is 3.17. The van der Waals surface area contributed by atoms with E-state index in [-0.39, 0.29) is 5.56 Å². The summed E-state index contributed by atoms with van der Waals surface area (Å²) in [5, 5.41) is 18.7. The monoisotopic (exact) mass is 338 g/mol. The van der Waals surface area contributed by atoms with Crippen molar-refractivity contribution in [3.8, 4) is 0 Å². The van der Waals surface area contributed by atoms with Crippen LogP contribution in [0.4, 0.5) is 13.2 Å². The van der Waals surface area contributed by atoms with Gasteiger partial charge in [-0.15, -0.1) is 0 Å². The Balaban J connectivity index is 2.38. The first kappa shape index (κ1) is 14.3. The lowest BCUT2D eigenvalue weighted by molar-refractivity contribution is -0.302. The zero-order chi connectivity index (χ0) is 14.5. The van der Waals surface area contributed by atoms with Gasteiger partial charge in [0, 0.05) is 17.3 Å². The second kappa shape index (κ2) is 4.21. The highest BCUT2D eigenvalue weighted by Gasteiger charge is 2.70. The van der Waals surface area contributed by atoms with Gasteiger partial charge in [0.1, 0.15) is 0 Å². The van der Waals surface area contributed by atoms with Crippen LogP contribution in [0, 0.1) is 0 Å². The topological polar surface area (TPSA) is 57.5 Å². The lowest BCUT2D eigenvalue weighted by Crippen LogP contribution is -2.65. The van der Waals surface area contributed by atoms with Gasteiger partial charge in [0.25, 0.3) is 0 Å². The van der Waals surface area contributed by atoms with Crippen molar-refractivity contribution >= 4 is 21.9 Å². The normalized spacial score (nSPS) is 30.8. The van der Waals surface area contributed by atoms with E-state index in [0.29, 0.717) is 4.47 Å². The SMILES string of the molecule is O=C(O)C1(c2cccc(Br)c2)CC(O)(C(F)(F)F)C1. The molecule has 104 valence electrons. The number of carbonyl (C=O) groups is 1. The first-order valence-electron chi connectivity index (χ1n) is 5.39. The number of carboxylic acids is 1. The molecule has 7 heteroatoms. The summed E-state index contributed by atoms with van der Waals surface area (Å²) in [7, 11) is 0. The van der Waals surface area contributed by atoms with E-state index in [9.17, 15) is 28.2 Å². The third kappa shape index (κ3) is 2.14. The van der Waals surface area contributed by atoms with E-state index in [1.807, 2.05) is 0 Å². The molecule has 1 aliphatic rings. The molecule has 2 rings (SSSR count). The standard InChI is InChI=1S/C12H10BrF3O3/c13-8-3-1-2-7(4-8)10(9(17)18)5-11(19,6-10)12(14,15)16/h1-4,19H,5-6H2,(H,17,18). The average Bonchev–Trinajstić information content (AvgIpc) is 2.22. The summed E-state index contributed by atoms with van der Waals surface area (Å²) >= 11 is 3.15. The fraction of sp³-hybridized carbons (Fsp3) is 0.417. The van der Waals surface area contributed by atoms with Crippen LogP contribution in [-0.2, 0) is 10.2 Å². The van der Waals surface area contributed by atoms with E-state index in [4.69, 9.17) is 0 Å². The van der Waals surface area contributed by atoms with Gasteiger partial charge in [-0.1, -0.05) is 28.1 Å². The van der Waals surface area contributed by atoms with Gasteiger partial charge in [-0.2, -0.15) is 13.2 Å². The minimum absolute atomic E-state index is 0.253. The molecular formula is C12H10BrF3O3. The molecule has 1 fully saturated rings. The summed E-state index contributed by atoms with van der Waals surface area (Å²) in [6.07, 6.45) is -6.55. The van der Waals surface area contributed by atoms with Crippen LogP contribution in [0.15, 0.2) is 28.7 Å². The summed E-state index contributed by atoms with van der Waals surface area (Å²) < 4.78 is 38.5. The summed E-state index contributed by atoms with van der Waals surface area (Å²) in [5.41, 5.74) is -4.36. The molecule has 1 aliphatic carbocycles. The van der Waals surface area contributed by atoms with E-state index in [1.165, 1.54) is 12.1 Å². The molecular weight excluding hydrogens is 329 g/mol. The minimum atomic E-state index is -4.82. The first-order valence-corrected chi connectivity index (χ1v) is 6.19. The molecule has 0 atom stereocenters. The van der Waals surface area contributed by atoms with Crippen molar-refractivity contribution in [1.29, 1.82) is 0 Å². The number of carboxylic acid groups (broad SMARTS) is 1. The molecule has 0 spiro atoms. The van der Waals surface area contributed by atoms with Crippen LogP contribution in [0.3, 0.4) is 0 Å². The smallest absolute Gasteiger partial charge is 0.417 e. The molecule has 1 saturated carbocycles. The Labute approximate surface area is 115 Å². The molecule has 1 aromatic rings. The van der Waals surface area contributed by atoms with Crippen molar-refractivity contribution in [3.63, 3.8) is 0 Å². The zero-order valence-electron chi connectivity index (χ0n) is 9.54. The van der Waals surface area contributed by atoms with E-state index >= 15 is 0 Å². The van der Waals surface area contributed by atoms with Gasteiger partial charge < -0.3 is 10.2 Å². The Morgan fingerprint density at radius 2 is 1.89 bits per heavy atom. The highest BCUT2D eigenvalue weighted by Crippen LogP contribution is 2.57. The van der Waals surface area contributed by atoms with Gasteiger partial charge in [-0.25, -0.2) is 0 Å². The first-order chi connectivity index (χ1) is 8.61. The number of aliphatic hydroxyl groups is 1. The van der Waals surface area contributed by atoms with E-state index in [1.54, 1.807) is 12.1 Å². The minimum Gasteiger partial charge on any atom is -0.481 e. The molecule has 19 heavy (non-hydrogen) atoms. The molecule has 2 N–H and O–H groups in total. The van der Waals surface area contributed by atoms with Crippen LogP contribution < -0.4 is 0 Å². The molecule has 3 nitrogen and oxygen atoms in total. The Bertz CT molecular complexity index is 521. The molecule has 0 heterocycles. The van der Waals surface area contributed by atoms with Gasteiger partial charge in [0.15, 0.2) is 5.60 Å². The predicted molar refractivity (Wildman–Crippen MR) is 63.7 cm³/mol. The molecule has 0 radical (unpaired) electrons. The maximum Gasteiger partial charge on any atom is 0.417 e. The van der Waals surface area contributed by atoms with Crippen molar-refractivity contribution < 1.29 is 28.2 Å². The molecule has 0 aromatic heterocycles. The van der Waals surface area contributed by atoms with Crippen molar-refractivity contribution in [2.75, 3.05) is 0 Å². The highest BCUT2D eigenvalue weighted by molar-refractivity contribution is 9.10. The highest BCUT2D eigenvalue weighted by atomic mass is 79.9. The second-order valence-electron chi connectivity index (χ2n) is 4.78. The summed E-state index contributed by atoms with van der Waals surface area (Å²) in [5.74, 6) is -1.36. The maximum atomic E-state index is 12.6. The average molecular weight is 339 g/mol. The number of hydrogen-bond acceptors (Lipinski definition) is 2. The van der Waals surface area contributed by atoms with E-state index in [2.05, 4.69) is 15.9 Å². The Hall–Kier alpha value is -1.08. The van der Waals surface area contributed by atoms with Crippen LogP contribution in [-0.4, -0.2) is 28.0 Å². The van der Waals surface area contributed by atoms with Crippen LogP contribution in [0.2, 0.25) is 0 Å². The molecule has 0 saturated heterocycles. The molecule has 0 unspecified atom stereocenters.